The normalized spacial score (nSPS) is 15.1. The second-order valence-electron chi connectivity index (χ2n) is 13.1. The smallest absolute Gasteiger partial charge is 0.243 e. The average Bonchev–Trinajstić information content (AvgIpc) is 3.36. The molecule has 0 unspecified atom stereocenters. The Kier molecular flexibility index (Phi) is 10.7. The van der Waals surface area contributed by atoms with Gasteiger partial charge >= 0.3 is 0 Å². The van der Waals surface area contributed by atoms with Gasteiger partial charge in [-0.2, -0.15) is 0 Å². The third-order valence-electron chi connectivity index (χ3n) is 8.85. The molecule has 2 aromatic carbocycles. The minimum Gasteiger partial charge on any atom is -0.493 e. The first-order valence-electron chi connectivity index (χ1n) is 16.6. The Morgan fingerprint density at radius 3 is 2.39 bits per heavy atom. The van der Waals surface area contributed by atoms with E-state index in [1.165, 1.54) is 6.92 Å². The molecule has 5 rings (SSSR count). The van der Waals surface area contributed by atoms with Crippen molar-refractivity contribution in [3.05, 3.63) is 75.8 Å². The predicted octanol–water partition coefficient (Wildman–Crippen LogP) is 5.25. The summed E-state index contributed by atoms with van der Waals surface area (Å²) in [6, 6.07) is 11.0. The molecular weight excluding hydrogens is 624 g/mol. The molecule has 12 nitrogen and oxygen atoms in total. The molecule has 1 aliphatic rings. The molecule has 49 heavy (non-hydrogen) atoms. The Hall–Kier alpha value is -5.13. The predicted molar refractivity (Wildman–Crippen MR) is 188 cm³/mol. The largest absolute Gasteiger partial charge is 0.493 e. The molecule has 0 aliphatic heterocycles. The first-order valence-corrected chi connectivity index (χ1v) is 16.6. The number of aromatic nitrogens is 3. The zero-order valence-corrected chi connectivity index (χ0v) is 29.4. The van der Waals surface area contributed by atoms with Gasteiger partial charge in [0.2, 0.25) is 23.0 Å². The third kappa shape index (κ3) is 7.33. The summed E-state index contributed by atoms with van der Waals surface area (Å²) in [7, 11) is 4.67. The molecule has 3 N–H and O–H groups in total. The highest BCUT2D eigenvalue weighted by molar-refractivity contribution is 5.86. The fraction of sp³-hybridized carbons (Fsp3) is 0.432. The number of nitrogens with one attached hydrogen (secondary N) is 3. The van der Waals surface area contributed by atoms with Crippen molar-refractivity contribution in [1.82, 2.24) is 25.2 Å². The second-order valence-corrected chi connectivity index (χ2v) is 13.1. The van der Waals surface area contributed by atoms with E-state index in [1.807, 2.05) is 54.8 Å². The number of pyridine rings is 1. The minimum atomic E-state index is -0.749. The van der Waals surface area contributed by atoms with Crippen molar-refractivity contribution < 1.29 is 23.8 Å². The zero-order chi connectivity index (χ0) is 35.4. The summed E-state index contributed by atoms with van der Waals surface area (Å²) in [6.45, 7) is 9.49. The number of hydrogen-bond donors (Lipinski definition) is 3. The molecular formula is C37H46N6O6. The topological polar surface area (TPSA) is 145 Å². The number of rotatable bonds is 12. The Balaban J connectivity index is 1.57. The van der Waals surface area contributed by atoms with Crippen LogP contribution < -0.4 is 35.6 Å². The van der Waals surface area contributed by atoms with E-state index in [1.54, 1.807) is 33.5 Å². The van der Waals surface area contributed by atoms with E-state index >= 15 is 0 Å². The molecule has 0 spiro atoms. The van der Waals surface area contributed by atoms with E-state index in [4.69, 9.17) is 14.2 Å². The van der Waals surface area contributed by atoms with E-state index in [2.05, 4.69) is 40.0 Å². The van der Waals surface area contributed by atoms with Crippen molar-refractivity contribution in [1.29, 1.82) is 0 Å². The quantitative estimate of drug-likeness (QED) is 0.184. The number of amides is 2. The fourth-order valence-corrected chi connectivity index (χ4v) is 6.59. The SMILES string of the molecule is COc1cc2c(c(OC)c1OC)-c1ccc(N[C@H](C(=O)N[C@@H](CC(C)C)c3nnc4ccccn34)C(C)C)c(=O)cc1[C@@H](NC(C)=O)CC2. The van der Waals surface area contributed by atoms with Crippen LogP contribution in [0.25, 0.3) is 16.8 Å². The highest BCUT2D eigenvalue weighted by Gasteiger charge is 2.31. The van der Waals surface area contributed by atoms with Crippen molar-refractivity contribution in [2.75, 3.05) is 26.6 Å². The van der Waals surface area contributed by atoms with Crippen LogP contribution in [0.1, 0.15) is 76.5 Å². The van der Waals surface area contributed by atoms with E-state index in [0.717, 1.165) is 11.1 Å². The van der Waals surface area contributed by atoms with Gasteiger partial charge in [0.15, 0.2) is 23.0 Å². The van der Waals surface area contributed by atoms with Crippen LogP contribution >= 0.6 is 0 Å². The summed E-state index contributed by atoms with van der Waals surface area (Å²) < 4.78 is 19.1. The Labute approximate surface area is 286 Å². The van der Waals surface area contributed by atoms with Gasteiger partial charge in [-0.05, 0) is 78.1 Å². The number of carbonyl (C=O) groups is 2. The van der Waals surface area contributed by atoms with Crippen molar-refractivity contribution in [2.45, 2.75) is 72.0 Å². The lowest BCUT2D eigenvalue weighted by Gasteiger charge is -2.26. The lowest BCUT2D eigenvalue weighted by Crippen LogP contribution is -2.45. The molecule has 0 saturated heterocycles. The first kappa shape index (κ1) is 35.2. The Bertz CT molecular complexity index is 1900. The molecule has 2 aromatic heterocycles. The van der Waals surface area contributed by atoms with Crippen LogP contribution in [-0.4, -0.2) is 53.8 Å². The Morgan fingerprint density at radius 1 is 0.980 bits per heavy atom. The van der Waals surface area contributed by atoms with E-state index in [-0.39, 0.29) is 34.8 Å². The monoisotopic (exact) mass is 670 g/mol. The minimum absolute atomic E-state index is 0.178. The maximum Gasteiger partial charge on any atom is 0.243 e. The van der Waals surface area contributed by atoms with Gasteiger partial charge in [0.05, 0.1) is 39.1 Å². The maximum atomic E-state index is 14.0. The lowest BCUT2D eigenvalue weighted by atomic mass is 9.95. The number of nitrogens with zero attached hydrogens (tertiary/aromatic N) is 3. The van der Waals surface area contributed by atoms with Crippen molar-refractivity contribution >= 4 is 23.1 Å². The van der Waals surface area contributed by atoms with Gasteiger partial charge in [-0.1, -0.05) is 39.8 Å². The van der Waals surface area contributed by atoms with Gasteiger partial charge in [-0.15, -0.1) is 10.2 Å². The molecule has 0 bridgehead atoms. The van der Waals surface area contributed by atoms with Crippen LogP contribution in [0.4, 0.5) is 5.69 Å². The highest BCUT2D eigenvalue weighted by atomic mass is 16.5. The van der Waals surface area contributed by atoms with Crippen LogP contribution in [0.3, 0.4) is 0 Å². The third-order valence-corrected chi connectivity index (χ3v) is 8.85. The number of carbonyl (C=O) groups excluding carboxylic acids is 2. The number of aryl methyl sites for hydroxylation is 1. The van der Waals surface area contributed by atoms with Crippen LogP contribution in [0.15, 0.2) is 53.5 Å². The summed E-state index contributed by atoms with van der Waals surface area (Å²) in [5, 5.41) is 18.2. The standard InChI is InChI=1S/C37H46N6O6/c1-20(2)17-28(36-42-41-31-11-9-10-16-43(31)36)40-37(46)33(21(3)4)39-27-15-13-24-25(19-29(27)45)26(38-22(5)44)14-12-23-18-30(47-6)34(48-7)35(49-8)32(23)24/h9-11,13,15-16,18-21,26,28,33H,12,14,17H2,1-8H3,(H,38,44)(H,39,45)(H,40,46)/t26-,28-,33-/m0/s1. The van der Waals surface area contributed by atoms with Crippen molar-refractivity contribution in [2.24, 2.45) is 11.8 Å². The molecule has 1 aliphatic carbocycles. The molecule has 0 radical (unpaired) electrons. The van der Waals surface area contributed by atoms with Gasteiger partial charge in [-0.3, -0.25) is 18.8 Å². The van der Waals surface area contributed by atoms with Gasteiger partial charge in [0.25, 0.3) is 0 Å². The molecule has 0 saturated carbocycles. The summed E-state index contributed by atoms with van der Waals surface area (Å²) in [6.07, 6.45) is 3.65. The van der Waals surface area contributed by atoms with Gasteiger partial charge < -0.3 is 30.2 Å². The highest BCUT2D eigenvalue weighted by Crippen LogP contribution is 2.50. The van der Waals surface area contributed by atoms with E-state index in [9.17, 15) is 14.4 Å². The average molecular weight is 671 g/mol. The molecule has 4 aromatic rings. The molecule has 0 fully saturated rings. The van der Waals surface area contributed by atoms with E-state index in [0.29, 0.717) is 59.1 Å². The van der Waals surface area contributed by atoms with Crippen LogP contribution in [0, 0.1) is 11.8 Å². The van der Waals surface area contributed by atoms with Crippen molar-refractivity contribution in [3.8, 4) is 28.4 Å². The zero-order valence-electron chi connectivity index (χ0n) is 29.4. The van der Waals surface area contributed by atoms with Crippen LogP contribution in [-0.2, 0) is 16.0 Å². The maximum absolute atomic E-state index is 14.0. The molecule has 12 heteroatoms. The summed E-state index contributed by atoms with van der Waals surface area (Å²) in [4.78, 5) is 40.4. The van der Waals surface area contributed by atoms with Gasteiger partial charge in [0, 0.05) is 18.7 Å². The molecule has 260 valence electrons. The summed E-state index contributed by atoms with van der Waals surface area (Å²) >= 11 is 0. The lowest BCUT2D eigenvalue weighted by molar-refractivity contribution is -0.123. The molecule has 3 atom stereocenters. The van der Waals surface area contributed by atoms with Crippen LogP contribution in [0.5, 0.6) is 17.2 Å². The van der Waals surface area contributed by atoms with Gasteiger partial charge in [0.1, 0.15) is 6.04 Å². The number of hydrogen-bond acceptors (Lipinski definition) is 9. The van der Waals surface area contributed by atoms with Gasteiger partial charge in [-0.25, -0.2) is 0 Å². The number of benzene rings is 1. The first-order chi connectivity index (χ1) is 23.5. The fourth-order valence-electron chi connectivity index (χ4n) is 6.59. The van der Waals surface area contributed by atoms with Crippen molar-refractivity contribution in [3.63, 3.8) is 0 Å². The Morgan fingerprint density at radius 2 is 1.73 bits per heavy atom. The molecule has 2 heterocycles. The molecule has 2 amide bonds. The number of anilines is 1. The summed E-state index contributed by atoms with van der Waals surface area (Å²) in [5.74, 6) is 1.66. The number of methoxy groups -OCH3 is 3. The second kappa shape index (κ2) is 15.0. The number of fused-ring (bicyclic) bond motifs is 4. The van der Waals surface area contributed by atoms with Crippen LogP contribution in [0.2, 0.25) is 0 Å². The summed E-state index contributed by atoms with van der Waals surface area (Å²) in [5.41, 5.74) is 3.64. The van der Waals surface area contributed by atoms with E-state index < -0.39 is 18.1 Å². The number of ether oxygens (including phenoxy) is 3.